The number of rotatable bonds is 10. The predicted octanol–water partition coefficient (Wildman–Crippen LogP) is 4.27. The molecule has 5 nitrogen and oxygen atoms in total. The quantitative estimate of drug-likeness (QED) is 0.496. The van der Waals surface area contributed by atoms with Crippen molar-refractivity contribution in [3.05, 3.63) is 63.6 Å². The molecule has 2 aromatic rings. The van der Waals surface area contributed by atoms with Crippen molar-refractivity contribution < 1.29 is 13.2 Å². The number of benzene rings is 2. The number of amides is 1. The average molecular weight is 499 g/mol. The van der Waals surface area contributed by atoms with Crippen LogP contribution in [-0.4, -0.2) is 39.4 Å². The van der Waals surface area contributed by atoms with Crippen LogP contribution < -0.4 is 9.62 Å². The zero-order valence-electron chi connectivity index (χ0n) is 16.9. The van der Waals surface area contributed by atoms with E-state index >= 15 is 0 Å². The fourth-order valence-electron chi connectivity index (χ4n) is 2.65. The van der Waals surface area contributed by atoms with Crippen LogP contribution in [0.5, 0.6) is 0 Å². The minimum absolute atomic E-state index is 0.226. The summed E-state index contributed by atoms with van der Waals surface area (Å²) in [4.78, 5) is 12.3. The van der Waals surface area contributed by atoms with Crippen molar-refractivity contribution >= 4 is 49.3 Å². The van der Waals surface area contributed by atoms with E-state index in [2.05, 4.69) is 52.4 Å². The van der Waals surface area contributed by atoms with Crippen LogP contribution in [0.15, 0.2) is 46.9 Å². The third-order valence-electron chi connectivity index (χ3n) is 4.29. The Hall–Kier alpha value is -1.51. The molecule has 2 aromatic carbocycles. The van der Waals surface area contributed by atoms with Crippen LogP contribution in [0.3, 0.4) is 0 Å². The molecule has 0 heterocycles. The first kappa shape index (κ1) is 23.8. The van der Waals surface area contributed by atoms with Gasteiger partial charge < -0.3 is 5.32 Å². The Labute approximate surface area is 186 Å². The maximum atomic E-state index is 12.3. The standard InChI is InChI=1S/C21H27BrN2O3S2/c1-16-5-7-18(8-6-16)15-28-12-4-11-23-21(25)14-24(29(3,26)27)19-9-10-20(22)17(2)13-19/h5-10,13H,4,11-12,14-15H2,1-3H3,(H,23,25). The summed E-state index contributed by atoms with van der Waals surface area (Å²) in [6, 6.07) is 13.7. The third kappa shape index (κ3) is 8.03. The molecule has 8 heteroatoms. The molecule has 1 amide bonds. The maximum absolute atomic E-state index is 12.3. The lowest BCUT2D eigenvalue weighted by molar-refractivity contribution is -0.119. The number of aryl methyl sites for hydroxylation is 2. The maximum Gasteiger partial charge on any atom is 0.240 e. The Morgan fingerprint density at radius 1 is 1.14 bits per heavy atom. The number of nitrogens with zero attached hydrogens (tertiary/aromatic N) is 1. The van der Waals surface area contributed by atoms with Crippen molar-refractivity contribution in [2.24, 2.45) is 0 Å². The van der Waals surface area contributed by atoms with Crippen LogP contribution in [-0.2, 0) is 20.6 Å². The fraction of sp³-hybridized carbons (Fsp3) is 0.381. The molecule has 0 unspecified atom stereocenters. The first-order valence-electron chi connectivity index (χ1n) is 9.30. The second-order valence-corrected chi connectivity index (χ2v) is 10.8. The molecule has 0 fully saturated rings. The SMILES string of the molecule is Cc1ccc(CSCCCNC(=O)CN(c2ccc(Br)c(C)c2)S(C)(=O)=O)cc1. The summed E-state index contributed by atoms with van der Waals surface area (Å²) in [5.41, 5.74) is 3.93. The molecule has 0 bridgehead atoms. The summed E-state index contributed by atoms with van der Waals surface area (Å²) in [5, 5.41) is 2.82. The third-order valence-corrected chi connectivity index (χ3v) is 7.44. The van der Waals surface area contributed by atoms with Crippen molar-refractivity contribution in [3.8, 4) is 0 Å². The van der Waals surface area contributed by atoms with E-state index in [1.54, 1.807) is 18.2 Å². The van der Waals surface area contributed by atoms with Crippen molar-refractivity contribution in [1.29, 1.82) is 0 Å². The number of thioether (sulfide) groups is 1. The molecule has 29 heavy (non-hydrogen) atoms. The number of halogens is 1. The van der Waals surface area contributed by atoms with E-state index in [1.807, 2.05) is 18.7 Å². The van der Waals surface area contributed by atoms with E-state index in [4.69, 9.17) is 0 Å². The van der Waals surface area contributed by atoms with Gasteiger partial charge in [-0.25, -0.2) is 8.42 Å². The largest absolute Gasteiger partial charge is 0.354 e. The molecule has 158 valence electrons. The van der Waals surface area contributed by atoms with Crippen LogP contribution in [0.4, 0.5) is 5.69 Å². The number of anilines is 1. The number of carbonyl (C=O) groups excluding carboxylic acids is 1. The van der Waals surface area contributed by atoms with E-state index in [-0.39, 0.29) is 12.5 Å². The molecule has 0 saturated heterocycles. The molecule has 0 atom stereocenters. The minimum atomic E-state index is -3.56. The van der Waals surface area contributed by atoms with Gasteiger partial charge in [-0.1, -0.05) is 45.8 Å². The molecule has 0 aliphatic heterocycles. The lowest BCUT2D eigenvalue weighted by Crippen LogP contribution is -2.40. The molecular weight excluding hydrogens is 472 g/mol. The first-order valence-corrected chi connectivity index (χ1v) is 13.1. The molecule has 0 saturated carbocycles. The van der Waals surface area contributed by atoms with Crippen LogP contribution in [0.2, 0.25) is 0 Å². The van der Waals surface area contributed by atoms with Gasteiger partial charge in [-0.05, 0) is 55.3 Å². The van der Waals surface area contributed by atoms with Crippen LogP contribution in [0, 0.1) is 13.8 Å². The van der Waals surface area contributed by atoms with Crippen LogP contribution in [0.1, 0.15) is 23.1 Å². The summed E-state index contributed by atoms with van der Waals surface area (Å²) >= 11 is 5.22. The van der Waals surface area contributed by atoms with Gasteiger partial charge in [0.25, 0.3) is 0 Å². The Kier molecular flexibility index (Phi) is 9.04. The second-order valence-electron chi connectivity index (χ2n) is 6.94. The van der Waals surface area contributed by atoms with Gasteiger partial charge in [0.15, 0.2) is 0 Å². The van der Waals surface area contributed by atoms with Gasteiger partial charge in [-0.15, -0.1) is 0 Å². The zero-order chi connectivity index (χ0) is 21.4. The van der Waals surface area contributed by atoms with Crippen molar-refractivity contribution in [1.82, 2.24) is 5.32 Å². The molecule has 0 aliphatic rings. The lowest BCUT2D eigenvalue weighted by Gasteiger charge is -2.22. The van der Waals surface area contributed by atoms with Gasteiger partial charge in [0.1, 0.15) is 6.54 Å². The molecule has 0 spiro atoms. The summed E-state index contributed by atoms with van der Waals surface area (Å²) in [6.45, 7) is 4.25. The first-order chi connectivity index (χ1) is 13.7. The van der Waals surface area contributed by atoms with Crippen molar-refractivity contribution in [2.45, 2.75) is 26.0 Å². The van der Waals surface area contributed by atoms with Gasteiger partial charge in [-0.2, -0.15) is 11.8 Å². The Morgan fingerprint density at radius 2 is 1.83 bits per heavy atom. The molecular formula is C21H27BrN2O3S2. The van der Waals surface area contributed by atoms with Gasteiger partial charge >= 0.3 is 0 Å². The number of nitrogens with one attached hydrogen (secondary N) is 1. The highest BCUT2D eigenvalue weighted by molar-refractivity contribution is 9.10. The average Bonchev–Trinajstić information content (AvgIpc) is 2.65. The molecule has 0 aliphatic carbocycles. The summed E-state index contributed by atoms with van der Waals surface area (Å²) in [7, 11) is -3.56. The normalized spacial score (nSPS) is 11.3. The topological polar surface area (TPSA) is 66.5 Å². The van der Waals surface area contributed by atoms with Crippen molar-refractivity contribution in [3.63, 3.8) is 0 Å². The predicted molar refractivity (Wildman–Crippen MR) is 126 cm³/mol. The fourth-order valence-corrected chi connectivity index (χ4v) is 4.66. The number of hydrogen-bond acceptors (Lipinski definition) is 4. The van der Waals surface area contributed by atoms with E-state index in [1.165, 1.54) is 11.1 Å². The lowest BCUT2D eigenvalue weighted by atomic mass is 10.2. The Bertz CT molecular complexity index is 931. The Balaban J connectivity index is 1.78. The number of sulfonamides is 1. The zero-order valence-corrected chi connectivity index (χ0v) is 20.2. The minimum Gasteiger partial charge on any atom is -0.354 e. The van der Waals surface area contributed by atoms with E-state index < -0.39 is 10.0 Å². The second kappa shape index (κ2) is 11.0. The van der Waals surface area contributed by atoms with Gasteiger partial charge in [0.05, 0.1) is 11.9 Å². The van der Waals surface area contributed by atoms with Crippen LogP contribution in [0.25, 0.3) is 0 Å². The number of carbonyl (C=O) groups is 1. The van der Waals surface area contributed by atoms with E-state index in [9.17, 15) is 13.2 Å². The monoisotopic (exact) mass is 498 g/mol. The summed E-state index contributed by atoms with van der Waals surface area (Å²) in [6.07, 6.45) is 1.94. The van der Waals surface area contributed by atoms with E-state index in [0.29, 0.717) is 12.2 Å². The smallest absolute Gasteiger partial charge is 0.240 e. The van der Waals surface area contributed by atoms with E-state index in [0.717, 1.165) is 38.5 Å². The van der Waals surface area contributed by atoms with Gasteiger partial charge in [-0.3, -0.25) is 9.10 Å². The Morgan fingerprint density at radius 3 is 2.45 bits per heavy atom. The number of hydrogen-bond donors (Lipinski definition) is 1. The highest BCUT2D eigenvalue weighted by Crippen LogP contribution is 2.24. The summed E-state index contributed by atoms with van der Waals surface area (Å²) < 4.78 is 26.4. The van der Waals surface area contributed by atoms with Crippen LogP contribution >= 0.6 is 27.7 Å². The molecule has 0 radical (unpaired) electrons. The van der Waals surface area contributed by atoms with Gasteiger partial charge in [0.2, 0.25) is 15.9 Å². The summed E-state index contributed by atoms with van der Waals surface area (Å²) in [5.74, 6) is 1.56. The molecule has 0 aromatic heterocycles. The molecule has 1 N–H and O–H groups in total. The molecule has 2 rings (SSSR count). The van der Waals surface area contributed by atoms with Gasteiger partial charge in [0, 0.05) is 16.8 Å². The van der Waals surface area contributed by atoms with Crippen molar-refractivity contribution in [2.75, 3.05) is 29.4 Å². The highest BCUT2D eigenvalue weighted by atomic mass is 79.9. The highest BCUT2D eigenvalue weighted by Gasteiger charge is 2.21.